The Kier molecular flexibility index (Phi) is 4.97. The molecule has 1 saturated heterocycles. The molecule has 2 rings (SSSR count). The van der Waals surface area contributed by atoms with Gasteiger partial charge in [-0.2, -0.15) is 0 Å². The molecular formula is C16H24N2O. The number of carbonyl (C=O) groups is 1. The lowest BCUT2D eigenvalue weighted by atomic mass is 10.0. The molecule has 1 aromatic carbocycles. The predicted octanol–water partition coefficient (Wildman–Crippen LogP) is 2.60. The molecule has 0 aromatic heterocycles. The zero-order valence-electron chi connectivity index (χ0n) is 11.9. The monoisotopic (exact) mass is 260 g/mol. The molecule has 1 atom stereocenters. The molecule has 3 nitrogen and oxygen atoms in total. The first kappa shape index (κ1) is 14.1. The highest BCUT2D eigenvalue weighted by atomic mass is 16.1. The fraction of sp³-hybridized carbons (Fsp3) is 0.562. The van der Waals surface area contributed by atoms with Crippen LogP contribution in [0.1, 0.15) is 38.3 Å². The molecule has 0 saturated carbocycles. The Balaban J connectivity index is 2.14. The molecular weight excluding hydrogens is 236 g/mol. The standard InChI is InChI=1S/C16H24N2O/c1-13(2)8-10-18-11-9-17-16(19)12-15(18)14-6-4-3-5-7-14/h3-7,13,15H,8-12H2,1-2H3,(H,17,19). The van der Waals surface area contributed by atoms with Crippen LogP contribution in [0.2, 0.25) is 0 Å². The molecule has 1 N–H and O–H groups in total. The van der Waals surface area contributed by atoms with Crippen molar-refractivity contribution in [3.8, 4) is 0 Å². The van der Waals surface area contributed by atoms with Crippen LogP contribution >= 0.6 is 0 Å². The van der Waals surface area contributed by atoms with Gasteiger partial charge in [-0.15, -0.1) is 0 Å². The van der Waals surface area contributed by atoms with Crippen molar-refractivity contribution in [2.45, 2.75) is 32.7 Å². The van der Waals surface area contributed by atoms with E-state index in [1.807, 2.05) is 6.07 Å². The quantitative estimate of drug-likeness (QED) is 0.902. The third-order valence-electron chi connectivity index (χ3n) is 3.72. The Morgan fingerprint density at radius 2 is 2.05 bits per heavy atom. The van der Waals surface area contributed by atoms with Crippen LogP contribution in [0.5, 0.6) is 0 Å². The highest BCUT2D eigenvalue weighted by Gasteiger charge is 2.25. The van der Waals surface area contributed by atoms with Gasteiger partial charge in [-0.3, -0.25) is 9.69 Å². The summed E-state index contributed by atoms with van der Waals surface area (Å²) in [5.74, 6) is 0.865. The molecule has 1 aliphatic rings. The second-order valence-electron chi connectivity index (χ2n) is 5.70. The summed E-state index contributed by atoms with van der Waals surface area (Å²) in [4.78, 5) is 14.3. The average molecular weight is 260 g/mol. The van der Waals surface area contributed by atoms with Crippen molar-refractivity contribution in [2.24, 2.45) is 5.92 Å². The number of nitrogens with zero attached hydrogens (tertiary/aromatic N) is 1. The molecule has 0 radical (unpaired) electrons. The zero-order valence-corrected chi connectivity index (χ0v) is 11.9. The van der Waals surface area contributed by atoms with Crippen molar-refractivity contribution < 1.29 is 4.79 Å². The van der Waals surface area contributed by atoms with Crippen LogP contribution in [-0.2, 0) is 4.79 Å². The number of benzene rings is 1. The summed E-state index contributed by atoms with van der Waals surface area (Å²) in [6.45, 7) is 7.27. The Hall–Kier alpha value is -1.35. The molecule has 0 spiro atoms. The first-order valence-electron chi connectivity index (χ1n) is 7.22. The van der Waals surface area contributed by atoms with Gasteiger partial charge in [-0.1, -0.05) is 44.2 Å². The summed E-state index contributed by atoms with van der Waals surface area (Å²) in [6.07, 6.45) is 1.75. The van der Waals surface area contributed by atoms with Crippen LogP contribution < -0.4 is 5.32 Å². The Bertz CT molecular complexity index is 402. The van der Waals surface area contributed by atoms with Crippen LogP contribution in [0.15, 0.2) is 30.3 Å². The van der Waals surface area contributed by atoms with Crippen molar-refractivity contribution in [1.29, 1.82) is 0 Å². The second-order valence-corrected chi connectivity index (χ2v) is 5.70. The van der Waals surface area contributed by atoms with E-state index in [1.165, 1.54) is 12.0 Å². The smallest absolute Gasteiger partial charge is 0.221 e. The summed E-state index contributed by atoms with van der Waals surface area (Å²) in [5, 5.41) is 2.98. The summed E-state index contributed by atoms with van der Waals surface area (Å²) in [7, 11) is 0. The van der Waals surface area contributed by atoms with Crippen molar-refractivity contribution in [2.75, 3.05) is 19.6 Å². The number of nitrogens with one attached hydrogen (secondary N) is 1. The summed E-state index contributed by atoms with van der Waals surface area (Å²) in [5.41, 5.74) is 1.25. The van der Waals surface area contributed by atoms with E-state index in [4.69, 9.17) is 0 Å². The number of rotatable bonds is 4. The van der Waals surface area contributed by atoms with E-state index in [0.717, 1.165) is 19.6 Å². The van der Waals surface area contributed by atoms with Gasteiger partial charge in [0.2, 0.25) is 5.91 Å². The molecule has 1 heterocycles. The largest absolute Gasteiger partial charge is 0.355 e. The van der Waals surface area contributed by atoms with Gasteiger partial charge in [-0.25, -0.2) is 0 Å². The van der Waals surface area contributed by atoms with Gasteiger partial charge in [-0.05, 0) is 24.4 Å². The minimum absolute atomic E-state index is 0.167. The average Bonchev–Trinajstić information content (AvgIpc) is 2.59. The van der Waals surface area contributed by atoms with E-state index in [0.29, 0.717) is 12.3 Å². The molecule has 0 aliphatic carbocycles. The molecule has 1 fully saturated rings. The highest BCUT2D eigenvalue weighted by molar-refractivity contribution is 5.77. The number of hydrogen-bond acceptors (Lipinski definition) is 2. The van der Waals surface area contributed by atoms with Gasteiger partial charge in [0, 0.05) is 25.6 Å². The van der Waals surface area contributed by atoms with Gasteiger partial charge in [0.15, 0.2) is 0 Å². The fourth-order valence-corrected chi connectivity index (χ4v) is 2.57. The molecule has 3 heteroatoms. The van der Waals surface area contributed by atoms with E-state index in [1.54, 1.807) is 0 Å². The van der Waals surface area contributed by atoms with Gasteiger partial charge in [0.1, 0.15) is 0 Å². The Labute approximate surface area is 116 Å². The van der Waals surface area contributed by atoms with Crippen molar-refractivity contribution >= 4 is 5.91 Å². The van der Waals surface area contributed by atoms with E-state index in [9.17, 15) is 4.79 Å². The molecule has 1 aromatic rings. The minimum atomic E-state index is 0.167. The van der Waals surface area contributed by atoms with Gasteiger partial charge < -0.3 is 5.32 Å². The van der Waals surface area contributed by atoms with E-state index in [-0.39, 0.29) is 11.9 Å². The summed E-state index contributed by atoms with van der Waals surface area (Å²) in [6, 6.07) is 10.6. The van der Waals surface area contributed by atoms with Gasteiger partial charge >= 0.3 is 0 Å². The number of carbonyl (C=O) groups excluding carboxylic acids is 1. The molecule has 1 amide bonds. The lowest BCUT2D eigenvalue weighted by Crippen LogP contribution is -2.32. The van der Waals surface area contributed by atoms with Crippen LogP contribution in [0, 0.1) is 5.92 Å². The second kappa shape index (κ2) is 6.71. The maximum atomic E-state index is 11.8. The van der Waals surface area contributed by atoms with E-state index in [2.05, 4.69) is 48.3 Å². The van der Waals surface area contributed by atoms with Crippen molar-refractivity contribution in [3.05, 3.63) is 35.9 Å². The summed E-state index contributed by atoms with van der Waals surface area (Å²) < 4.78 is 0. The molecule has 19 heavy (non-hydrogen) atoms. The SMILES string of the molecule is CC(C)CCN1CCNC(=O)CC1c1ccccc1. The van der Waals surface area contributed by atoms with Crippen molar-refractivity contribution in [1.82, 2.24) is 10.2 Å². The summed E-state index contributed by atoms with van der Waals surface area (Å²) >= 11 is 0. The Morgan fingerprint density at radius 1 is 1.32 bits per heavy atom. The normalized spacial score (nSPS) is 21.2. The third-order valence-corrected chi connectivity index (χ3v) is 3.72. The van der Waals surface area contributed by atoms with Gasteiger partial charge in [0.25, 0.3) is 0 Å². The number of hydrogen-bond donors (Lipinski definition) is 1. The highest BCUT2D eigenvalue weighted by Crippen LogP contribution is 2.26. The molecule has 0 bridgehead atoms. The lowest BCUT2D eigenvalue weighted by Gasteiger charge is -2.29. The molecule has 1 unspecified atom stereocenters. The Morgan fingerprint density at radius 3 is 2.74 bits per heavy atom. The van der Waals surface area contributed by atoms with Crippen LogP contribution in [-0.4, -0.2) is 30.4 Å². The van der Waals surface area contributed by atoms with E-state index >= 15 is 0 Å². The van der Waals surface area contributed by atoms with E-state index < -0.39 is 0 Å². The minimum Gasteiger partial charge on any atom is -0.355 e. The van der Waals surface area contributed by atoms with Crippen LogP contribution in [0.3, 0.4) is 0 Å². The van der Waals surface area contributed by atoms with Crippen LogP contribution in [0.4, 0.5) is 0 Å². The number of amides is 1. The third kappa shape index (κ3) is 4.06. The first-order valence-corrected chi connectivity index (χ1v) is 7.22. The lowest BCUT2D eigenvalue weighted by molar-refractivity contribution is -0.121. The van der Waals surface area contributed by atoms with Crippen molar-refractivity contribution in [3.63, 3.8) is 0 Å². The van der Waals surface area contributed by atoms with Gasteiger partial charge in [0.05, 0.1) is 0 Å². The first-order chi connectivity index (χ1) is 9.16. The van der Waals surface area contributed by atoms with Crippen LogP contribution in [0.25, 0.3) is 0 Å². The maximum absolute atomic E-state index is 11.8. The predicted molar refractivity (Wildman–Crippen MR) is 77.8 cm³/mol. The zero-order chi connectivity index (χ0) is 13.7. The fourth-order valence-electron chi connectivity index (χ4n) is 2.57. The topological polar surface area (TPSA) is 32.3 Å². The molecule has 104 valence electrons. The molecule has 1 aliphatic heterocycles. The maximum Gasteiger partial charge on any atom is 0.221 e.